The summed E-state index contributed by atoms with van der Waals surface area (Å²) in [5.74, 6) is -0.499. The third-order valence-corrected chi connectivity index (χ3v) is 4.38. The van der Waals surface area contributed by atoms with Crippen LogP contribution in [0.1, 0.15) is 13.8 Å². The van der Waals surface area contributed by atoms with Crippen molar-refractivity contribution in [2.75, 3.05) is 12.4 Å². The number of aromatic nitrogens is 1. The van der Waals surface area contributed by atoms with Crippen molar-refractivity contribution in [1.29, 1.82) is 0 Å². The third-order valence-electron chi connectivity index (χ3n) is 2.17. The second-order valence-corrected chi connectivity index (χ2v) is 6.01. The summed E-state index contributed by atoms with van der Waals surface area (Å²) in [7, 11) is -3.74. The number of halogens is 2. The molecule has 1 aromatic heterocycles. The van der Waals surface area contributed by atoms with Crippen molar-refractivity contribution in [3.63, 3.8) is 0 Å². The molecule has 1 heterocycles. The Bertz CT molecular complexity index is 479. The molecule has 0 N–H and O–H groups in total. The zero-order valence-electron chi connectivity index (χ0n) is 9.60. The average molecular weight is 281 g/mol. The predicted molar refractivity (Wildman–Crippen MR) is 63.9 cm³/mol. The molecule has 0 aliphatic heterocycles. The summed E-state index contributed by atoms with van der Waals surface area (Å²) in [6.45, 7) is 3.64. The maximum absolute atomic E-state index is 13.0. The molecule has 0 bridgehead atoms. The lowest BCUT2D eigenvalue weighted by Crippen LogP contribution is -2.38. The molecule has 0 amide bonds. The van der Waals surface area contributed by atoms with E-state index >= 15 is 0 Å². The normalized spacial score (nSPS) is 12.4. The second-order valence-electron chi connectivity index (χ2n) is 3.74. The molecule has 0 saturated heterocycles. The molecule has 0 aromatic carbocycles. The molecule has 0 fully saturated rings. The van der Waals surface area contributed by atoms with Crippen molar-refractivity contribution in [1.82, 2.24) is 9.29 Å². The van der Waals surface area contributed by atoms with Crippen LogP contribution in [0.15, 0.2) is 23.4 Å². The van der Waals surface area contributed by atoms with Gasteiger partial charge in [0.15, 0.2) is 0 Å². The molecule has 0 spiro atoms. The van der Waals surface area contributed by atoms with Gasteiger partial charge in [0.25, 0.3) is 0 Å². The van der Waals surface area contributed by atoms with Gasteiger partial charge in [0.05, 0.1) is 6.20 Å². The smallest absolute Gasteiger partial charge is 0.244 e. The Balaban J connectivity index is 3.16. The zero-order chi connectivity index (χ0) is 13.1. The van der Waals surface area contributed by atoms with Gasteiger partial charge in [-0.1, -0.05) is 0 Å². The van der Waals surface area contributed by atoms with Crippen molar-refractivity contribution in [2.45, 2.75) is 24.8 Å². The lowest BCUT2D eigenvalue weighted by molar-refractivity contribution is 0.370. The number of hydrogen-bond donors (Lipinski definition) is 0. The highest BCUT2D eigenvalue weighted by Gasteiger charge is 2.26. The second kappa shape index (κ2) is 5.75. The largest absolute Gasteiger partial charge is 0.260 e. The molecule has 0 atom stereocenters. The number of pyridine rings is 1. The molecule has 4 nitrogen and oxygen atoms in total. The van der Waals surface area contributed by atoms with E-state index in [1.165, 1.54) is 4.31 Å². The first kappa shape index (κ1) is 14.3. The van der Waals surface area contributed by atoms with Gasteiger partial charge >= 0.3 is 0 Å². The summed E-state index contributed by atoms with van der Waals surface area (Å²) in [5, 5.41) is 0. The first-order valence-corrected chi connectivity index (χ1v) is 7.05. The van der Waals surface area contributed by atoms with Crippen molar-refractivity contribution < 1.29 is 12.8 Å². The van der Waals surface area contributed by atoms with E-state index in [-0.39, 0.29) is 23.4 Å². The van der Waals surface area contributed by atoms with E-state index in [2.05, 4.69) is 4.98 Å². The van der Waals surface area contributed by atoms with Crippen molar-refractivity contribution in [3.8, 4) is 0 Å². The van der Waals surface area contributed by atoms with Crippen LogP contribution in [0, 0.1) is 5.82 Å². The first-order chi connectivity index (χ1) is 7.89. The molecular weight excluding hydrogens is 267 g/mol. The molecule has 0 saturated carbocycles. The SMILES string of the molecule is CC(C)N(CCCl)S(=O)(=O)c1cncc(F)c1. The standard InChI is InChI=1S/C10H14ClFN2O2S/c1-8(2)14(4-3-11)17(15,16)10-5-9(12)6-13-7-10/h5-8H,3-4H2,1-2H3. The van der Waals surface area contributed by atoms with E-state index in [1.54, 1.807) is 13.8 Å². The fourth-order valence-electron chi connectivity index (χ4n) is 1.41. The fraction of sp³-hybridized carbons (Fsp3) is 0.500. The Morgan fingerprint density at radius 1 is 1.47 bits per heavy atom. The van der Waals surface area contributed by atoms with Crippen LogP contribution in [0.5, 0.6) is 0 Å². The highest BCUT2D eigenvalue weighted by Crippen LogP contribution is 2.17. The maximum atomic E-state index is 13.0. The van der Waals surface area contributed by atoms with Crippen LogP contribution in [0.25, 0.3) is 0 Å². The van der Waals surface area contributed by atoms with E-state index in [1.807, 2.05) is 0 Å². The van der Waals surface area contributed by atoms with E-state index in [0.717, 1.165) is 18.5 Å². The number of nitrogens with zero attached hydrogens (tertiary/aromatic N) is 2. The van der Waals surface area contributed by atoms with Gasteiger partial charge in [-0.05, 0) is 19.9 Å². The lowest BCUT2D eigenvalue weighted by Gasteiger charge is -2.24. The molecule has 0 unspecified atom stereocenters. The quantitative estimate of drug-likeness (QED) is 0.774. The van der Waals surface area contributed by atoms with E-state index in [9.17, 15) is 12.8 Å². The molecule has 96 valence electrons. The summed E-state index contributed by atoms with van der Waals surface area (Å²) in [6.07, 6.45) is 2.09. The molecule has 7 heteroatoms. The molecule has 0 radical (unpaired) electrons. The van der Waals surface area contributed by atoms with Gasteiger partial charge in [-0.2, -0.15) is 4.31 Å². The summed E-state index contributed by atoms with van der Waals surface area (Å²) >= 11 is 5.57. The number of sulfonamides is 1. The van der Waals surface area contributed by atoms with Crippen LogP contribution >= 0.6 is 11.6 Å². The van der Waals surface area contributed by atoms with Crippen LogP contribution in [0.3, 0.4) is 0 Å². The number of rotatable bonds is 5. The van der Waals surface area contributed by atoms with Crippen LogP contribution in [0.4, 0.5) is 4.39 Å². The minimum atomic E-state index is -3.74. The average Bonchev–Trinajstić information content (AvgIpc) is 2.25. The summed E-state index contributed by atoms with van der Waals surface area (Å²) < 4.78 is 38.5. The summed E-state index contributed by atoms with van der Waals surface area (Å²) in [6, 6.07) is 0.702. The van der Waals surface area contributed by atoms with Crippen molar-refractivity contribution in [3.05, 3.63) is 24.3 Å². The molecule has 0 aliphatic carbocycles. The van der Waals surface area contributed by atoms with Crippen LogP contribution < -0.4 is 0 Å². The Labute approximate surface area is 105 Å². The van der Waals surface area contributed by atoms with Crippen LogP contribution in [0.2, 0.25) is 0 Å². The highest BCUT2D eigenvalue weighted by atomic mass is 35.5. The maximum Gasteiger partial charge on any atom is 0.244 e. The Morgan fingerprint density at radius 3 is 2.59 bits per heavy atom. The topological polar surface area (TPSA) is 50.3 Å². The van der Waals surface area contributed by atoms with E-state index < -0.39 is 15.8 Å². The monoisotopic (exact) mass is 280 g/mol. The molecule has 17 heavy (non-hydrogen) atoms. The lowest BCUT2D eigenvalue weighted by atomic mass is 10.4. The minimum Gasteiger partial charge on any atom is -0.260 e. The Hall–Kier alpha value is -0.720. The number of alkyl halides is 1. The van der Waals surface area contributed by atoms with E-state index in [0.29, 0.717) is 0 Å². The van der Waals surface area contributed by atoms with Crippen LogP contribution in [-0.2, 0) is 10.0 Å². The molecule has 0 aliphatic rings. The van der Waals surface area contributed by atoms with E-state index in [4.69, 9.17) is 11.6 Å². The van der Waals surface area contributed by atoms with Gasteiger partial charge in [-0.3, -0.25) is 4.98 Å². The van der Waals surface area contributed by atoms with Gasteiger partial charge in [0.1, 0.15) is 10.7 Å². The van der Waals surface area contributed by atoms with Gasteiger partial charge in [-0.15, -0.1) is 11.6 Å². The Kier molecular flexibility index (Phi) is 4.85. The molecular formula is C10H14ClFN2O2S. The molecule has 1 rings (SSSR count). The number of hydrogen-bond acceptors (Lipinski definition) is 3. The van der Waals surface area contributed by atoms with Gasteiger partial charge in [0.2, 0.25) is 10.0 Å². The third kappa shape index (κ3) is 3.37. The molecule has 1 aromatic rings. The van der Waals surface area contributed by atoms with Crippen molar-refractivity contribution in [2.24, 2.45) is 0 Å². The van der Waals surface area contributed by atoms with Crippen LogP contribution in [-0.4, -0.2) is 36.2 Å². The van der Waals surface area contributed by atoms with Crippen molar-refractivity contribution >= 4 is 21.6 Å². The first-order valence-electron chi connectivity index (χ1n) is 5.08. The fourth-order valence-corrected chi connectivity index (χ4v) is 3.30. The summed E-state index contributed by atoms with van der Waals surface area (Å²) in [5.41, 5.74) is 0. The minimum absolute atomic E-state index is 0.156. The predicted octanol–water partition coefficient (Wildman–Crippen LogP) is 1.86. The Morgan fingerprint density at radius 2 is 2.12 bits per heavy atom. The van der Waals surface area contributed by atoms with Gasteiger partial charge in [0, 0.05) is 24.7 Å². The highest BCUT2D eigenvalue weighted by molar-refractivity contribution is 7.89. The zero-order valence-corrected chi connectivity index (χ0v) is 11.2. The van der Waals surface area contributed by atoms with Gasteiger partial charge < -0.3 is 0 Å². The van der Waals surface area contributed by atoms with Gasteiger partial charge in [-0.25, -0.2) is 12.8 Å². The summed E-state index contributed by atoms with van der Waals surface area (Å²) in [4.78, 5) is 3.38.